The number of rotatable bonds is 5. The molecule has 4 heteroatoms. The van der Waals surface area contributed by atoms with Crippen molar-refractivity contribution in [3.63, 3.8) is 0 Å². The summed E-state index contributed by atoms with van der Waals surface area (Å²) < 4.78 is 0. The van der Waals surface area contributed by atoms with Crippen molar-refractivity contribution in [3.05, 3.63) is 29.8 Å². The lowest BCUT2D eigenvalue weighted by atomic mass is 9.93. The van der Waals surface area contributed by atoms with Crippen LogP contribution >= 0.6 is 0 Å². The summed E-state index contributed by atoms with van der Waals surface area (Å²) >= 11 is 0. The van der Waals surface area contributed by atoms with Crippen LogP contribution in [0.2, 0.25) is 0 Å². The van der Waals surface area contributed by atoms with Crippen molar-refractivity contribution < 1.29 is 5.11 Å². The minimum absolute atomic E-state index is 0.0779. The molecule has 0 amide bonds. The average Bonchev–Trinajstić information content (AvgIpc) is 2.61. The Kier molecular flexibility index (Phi) is 6.14. The van der Waals surface area contributed by atoms with Gasteiger partial charge in [0.25, 0.3) is 0 Å². The minimum atomic E-state index is -0.0779. The average molecular weight is 332 g/mol. The van der Waals surface area contributed by atoms with Gasteiger partial charge in [0, 0.05) is 31.4 Å². The van der Waals surface area contributed by atoms with Crippen LogP contribution in [0.1, 0.15) is 44.1 Å². The lowest BCUT2D eigenvalue weighted by Crippen LogP contribution is -2.42. The smallest absolute Gasteiger partial charge is 0.0541 e. The van der Waals surface area contributed by atoms with E-state index in [0.29, 0.717) is 12.1 Å². The summed E-state index contributed by atoms with van der Waals surface area (Å²) in [6, 6.07) is 10.0. The van der Waals surface area contributed by atoms with Crippen LogP contribution in [0.3, 0.4) is 0 Å². The Bertz CT molecular complexity index is 505. The molecule has 1 heterocycles. The molecule has 0 atom stereocenters. The number of nitrogens with one attached hydrogen (secondary N) is 1. The SMILES string of the molecule is CN1CCC(N(C)c2ccccc2CNC2CCC(O)CC2)CC1. The Labute approximate surface area is 146 Å². The number of anilines is 1. The van der Waals surface area contributed by atoms with E-state index in [4.69, 9.17) is 0 Å². The van der Waals surface area contributed by atoms with Crippen LogP contribution < -0.4 is 10.2 Å². The molecule has 134 valence electrons. The van der Waals surface area contributed by atoms with Crippen molar-refractivity contribution in [1.82, 2.24) is 10.2 Å². The highest BCUT2D eigenvalue weighted by Gasteiger charge is 2.23. The van der Waals surface area contributed by atoms with E-state index in [0.717, 1.165) is 32.2 Å². The van der Waals surface area contributed by atoms with E-state index in [1.54, 1.807) is 0 Å². The zero-order valence-electron chi connectivity index (χ0n) is 15.2. The van der Waals surface area contributed by atoms with E-state index in [2.05, 4.69) is 53.5 Å². The fraction of sp³-hybridized carbons (Fsp3) is 0.700. The highest BCUT2D eigenvalue weighted by molar-refractivity contribution is 5.54. The molecule has 1 aromatic rings. The molecule has 1 aromatic carbocycles. The van der Waals surface area contributed by atoms with Gasteiger partial charge < -0.3 is 20.2 Å². The van der Waals surface area contributed by atoms with Crippen LogP contribution in [0.15, 0.2) is 24.3 Å². The normalized spacial score (nSPS) is 26.5. The van der Waals surface area contributed by atoms with Crippen molar-refractivity contribution in [3.8, 4) is 0 Å². The van der Waals surface area contributed by atoms with Crippen molar-refractivity contribution in [2.45, 2.75) is 63.3 Å². The first-order valence-corrected chi connectivity index (χ1v) is 9.54. The molecule has 1 aliphatic carbocycles. The molecular formula is C20H33N3O. The number of para-hydroxylation sites is 1. The van der Waals surface area contributed by atoms with Crippen LogP contribution in [0.5, 0.6) is 0 Å². The van der Waals surface area contributed by atoms with Gasteiger partial charge in [-0.2, -0.15) is 0 Å². The summed E-state index contributed by atoms with van der Waals surface area (Å²) in [4.78, 5) is 4.92. The number of aliphatic hydroxyl groups is 1. The Balaban J connectivity index is 1.60. The van der Waals surface area contributed by atoms with Gasteiger partial charge in [-0.1, -0.05) is 18.2 Å². The number of benzene rings is 1. The van der Waals surface area contributed by atoms with Crippen molar-refractivity contribution in [2.24, 2.45) is 0 Å². The van der Waals surface area contributed by atoms with Gasteiger partial charge in [0.05, 0.1) is 6.10 Å². The predicted octanol–water partition coefficient (Wildman–Crippen LogP) is 2.61. The van der Waals surface area contributed by atoms with Crippen LogP contribution in [0, 0.1) is 0 Å². The standard InChI is InChI=1S/C20H33N3O/c1-22-13-11-18(12-14-22)23(2)20-6-4-3-5-16(20)15-21-17-7-9-19(24)10-8-17/h3-6,17-19,21,24H,7-15H2,1-2H3. The molecule has 0 radical (unpaired) electrons. The number of piperidine rings is 1. The first kappa shape index (κ1) is 17.7. The second-order valence-corrected chi connectivity index (χ2v) is 7.66. The molecule has 0 spiro atoms. The monoisotopic (exact) mass is 331 g/mol. The van der Waals surface area contributed by atoms with Gasteiger partial charge >= 0.3 is 0 Å². The highest BCUT2D eigenvalue weighted by atomic mass is 16.3. The number of nitrogens with zero attached hydrogens (tertiary/aromatic N) is 2. The van der Waals surface area contributed by atoms with E-state index in [1.807, 2.05) is 0 Å². The third-order valence-corrected chi connectivity index (χ3v) is 5.89. The molecule has 24 heavy (non-hydrogen) atoms. The zero-order valence-corrected chi connectivity index (χ0v) is 15.2. The topological polar surface area (TPSA) is 38.7 Å². The summed E-state index contributed by atoms with van der Waals surface area (Å²) in [5, 5.41) is 13.4. The number of hydrogen-bond acceptors (Lipinski definition) is 4. The van der Waals surface area contributed by atoms with E-state index in [-0.39, 0.29) is 6.10 Å². The van der Waals surface area contributed by atoms with Gasteiger partial charge in [0.2, 0.25) is 0 Å². The van der Waals surface area contributed by atoms with Crippen molar-refractivity contribution in [1.29, 1.82) is 0 Å². The van der Waals surface area contributed by atoms with E-state index < -0.39 is 0 Å². The summed E-state index contributed by atoms with van der Waals surface area (Å²) in [6.07, 6.45) is 6.47. The third-order valence-electron chi connectivity index (χ3n) is 5.89. The molecule has 2 fully saturated rings. The van der Waals surface area contributed by atoms with Crippen LogP contribution in [-0.4, -0.2) is 55.4 Å². The van der Waals surface area contributed by atoms with Crippen LogP contribution in [-0.2, 0) is 6.54 Å². The Hall–Kier alpha value is -1.10. The first-order valence-electron chi connectivity index (χ1n) is 9.54. The maximum absolute atomic E-state index is 9.65. The number of aliphatic hydroxyl groups excluding tert-OH is 1. The van der Waals surface area contributed by atoms with E-state index >= 15 is 0 Å². The summed E-state index contributed by atoms with van der Waals surface area (Å²) in [7, 11) is 4.47. The molecule has 4 nitrogen and oxygen atoms in total. The molecule has 2 N–H and O–H groups in total. The van der Waals surface area contributed by atoms with Gasteiger partial charge in [-0.05, 0) is 70.3 Å². The molecule has 1 aliphatic heterocycles. The number of likely N-dealkylation sites (tertiary alicyclic amines) is 1. The molecule has 3 rings (SSSR count). The van der Waals surface area contributed by atoms with Crippen LogP contribution in [0.25, 0.3) is 0 Å². The largest absolute Gasteiger partial charge is 0.393 e. The Morgan fingerprint density at radius 2 is 1.75 bits per heavy atom. The summed E-state index contributed by atoms with van der Waals surface area (Å²) in [6.45, 7) is 3.31. The van der Waals surface area contributed by atoms with E-state index in [1.165, 1.54) is 37.2 Å². The zero-order chi connectivity index (χ0) is 16.9. The van der Waals surface area contributed by atoms with Gasteiger partial charge in [-0.3, -0.25) is 0 Å². The molecule has 0 aromatic heterocycles. The van der Waals surface area contributed by atoms with Gasteiger partial charge in [-0.15, -0.1) is 0 Å². The van der Waals surface area contributed by atoms with Gasteiger partial charge in [-0.25, -0.2) is 0 Å². The number of hydrogen-bond donors (Lipinski definition) is 2. The van der Waals surface area contributed by atoms with Crippen LogP contribution in [0.4, 0.5) is 5.69 Å². The first-order chi connectivity index (χ1) is 11.6. The molecule has 0 unspecified atom stereocenters. The van der Waals surface area contributed by atoms with Gasteiger partial charge in [0.15, 0.2) is 0 Å². The maximum atomic E-state index is 9.65. The second-order valence-electron chi connectivity index (χ2n) is 7.66. The summed E-state index contributed by atoms with van der Waals surface area (Å²) in [5.74, 6) is 0. The predicted molar refractivity (Wildman–Crippen MR) is 100 cm³/mol. The quantitative estimate of drug-likeness (QED) is 0.870. The van der Waals surface area contributed by atoms with Crippen molar-refractivity contribution in [2.75, 3.05) is 32.1 Å². The Morgan fingerprint density at radius 1 is 1.08 bits per heavy atom. The Morgan fingerprint density at radius 3 is 2.46 bits per heavy atom. The van der Waals surface area contributed by atoms with Crippen molar-refractivity contribution >= 4 is 5.69 Å². The molecule has 2 aliphatic rings. The summed E-state index contributed by atoms with van der Waals surface area (Å²) in [5.41, 5.74) is 2.76. The van der Waals surface area contributed by atoms with Gasteiger partial charge in [0.1, 0.15) is 0 Å². The highest BCUT2D eigenvalue weighted by Crippen LogP contribution is 2.26. The minimum Gasteiger partial charge on any atom is -0.393 e. The second kappa shape index (κ2) is 8.32. The third kappa shape index (κ3) is 4.50. The fourth-order valence-corrected chi connectivity index (χ4v) is 4.12. The molecule has 1 saturated heterocycles. The lowest BCUT2D eigenvalue weighted by Gasteiger charge is -2.37. The lowest BCUT2D eigenvalue weighted by molar-refractivity contribution is 0.116. The molecular weight excluding hydrogens is 298 g/mol. The molecule has 1 saturated carbocycles. The molecule has 0 bridgehead atoms. The van der Waals surface area contributed by atoms with E-state index in [9.17, 15) is 5.11 Å². The maximum Gasteiger partial charge on any atom is 0.0541 e. The fourth-order valence-electron chi connectivity index (χ4n) is 4.12.